The van der Waals surface area contributed by atoms with Crippen LogP contribution in [0.2, 0.25) is 0 Å². The fourth-order valence-corrected chi connectivity index (χ4v) is 2.20. The minimum absolute atomic E-state index is 0.209. The van der Waals surface area contributed by atoms with Crippen molar-refractivity contribution in [3.63, 3.8) is 0 Å². The summed E-state index contributed by atoms with van der Waals surface area (Å²) in [6, 6.07) is 1.96. The van der Waals surface area contributed by atoms with E-state index >= 15 is 0 Å². The Morgan fingerprint density at radius 3 is 2.00 bits per heavy atom. The molecule has 0 spiro atoms. The molecule has 1 aromatic carbocycles. The van der Waals surface area contributed by atoms with Crippen molar-refractivity contribution >= 4 is 17.8 Å². The van der Waals surface area contributed by atoms with Gasteiger partial charge in [0.15, 0.2) is 17.6 Å². The van der Waals surface area contributed by atoms with Gasteiger partial charge in [0.25, 0.3) is 11.8 Å². The van der Waals surface area contributed by atoms with Gasteiger partial charge in [-0.1, -0.05) is 0 Å². The molecule has 0 heterocycles. The number of carbonyl (C=O) groups excluding carboxylic acids is 3. The van der Waals surface area contributed by atoms with Crippen molar-refractivity contribution in [2.24, 2.45) is 0 Å². The predicted octanol–water partition coefficient (Wildman–Crippen LogP) is 0.899. The van der Waals surface area contributed by atoms with Crippen LogP contribution < -0.4 is 24.8 Å². The molecule has 0 aliphatic rings. The van der Waals surface area contributed by atoms with Crippen molar-refractivity contribution in [2.45, 2.75) is 32.9 Å². The van der Waals surface area contributed by atoms with E-state index in [-0.39, 0.29) is 5.56 Å². The molecule has 1 aromatic rings. The molecule has 0 saturated carbocycles. The molecule has 9 heteroatoms. The number of rotatable bonds is 9. The van der Waals surface area contributed by atoms with Crippen molar-refractivity contribution in [1.29, 1.82) is 0 Å². The van der Waals surface area contributed by atoms with E-state index in [0.29, 0.717) is 23.8 Å². The van der Waals surface area contributed by atoms with E-state index < -0.39 is 29.9 Å². The minimum atomic E-state index is -0.964. The maximum atomic E-state index is 12.5. The van der Waals surface area contributed by atoms with E-state index in [9.17, 15) is 14.4 Å². The Kier molecular flexibility index (Phi) is 8.37. The highest BCUT2D eigenvalue weighted by atomic mass is 16.5. The molecule has 9 nitrogen and oxygen atoms in total. The lowest BCUT2D eigenvalue weighted by molar-refractivity contribution is -0.156. The Morgan fingerprint density at radius 2 is 1.56 bits per heavy atom. The molecule has 0 fully saturated rings. The second kappa shape index (κ2) is 10.2. The van der Waals surface area contributed by atoms with Crippen LogP contribution in [0.5, 0.6) is 17.2 Å². The number of hydrogen-bond donors (Lipinski definition) is 2. The molecule has 0 saturated heterocycles. The summed E-state index contributed by atoms with van der Waals surface area (Å²) in [7, 11) is 4.32. The summed E-state index contributed by atoms with van der Waals surface area (Å²) >= 11 is 0. The molecule has 0 aromatic heterocycles. The molecule has 0 unspecified atom stereocenters. The van der Waals surface area contributed by atoms with Crippen LogP contribution in [0.4, 0.5) is 0 Å². The standard InChI is InChI=1S/C18H26N2O7/c1-7-19-16(21)11(3)27-18(23)10(2)20-17(22)12-8-13(24-4)15(26-6)14(9-12)25-5/h8-11H,7H2,1-6H3,(H,19,21)(H,20,22)/t10-,11+/m0/s1. The lowest BCUT2D eigenvalue weighted by atomic mass is 10.1. The maximum Gasteiger partial charge on any atom is 0.329 e. The first kappa shape index (κ1) is 22.1. The minimum Gasteiger partial charge on any atom is -0.493 e. The number of esters is 1. The maximum absolute atomic E-state index is 12.5. The Hall–Kier alpha value is -2.97. The number of benzene rings is 1. The van der Waals surface area contributed by atoms with E-state index in [2.05, 4.69) is 10.6 Å². The molecular weight excluding hydrogens is 356 g/mol. The van der Waals surface area contributed by atoms with Crippen LogP contribution in [0.1, 0.15) is 31.1 Å². The first-order valence-corrected chi connectivity index (χ1v) is 8.38. The summed E-state index contributed by atoms with van der Waals surface area (Å²) in [4.78, 5) is 36.2. The van der Waals surface area contributed by atoms with E-state index in [1.165, 1.54) is 47.3 Å². The van der Waals surface area contributed by atoms with E-state index in [4.69, 9.17) is 18.9 Å². The van der Waals surface area contributed by atoms with Crippen LogP contribution in [-0.2, 0) is 14.3 Å². The fraction of sp³-hybridized carbons (Fsp3) is 0.500. The van der Waals surface area contributed by atoms with Crippen LogP contribution in [0, 0.1) is 0 Å². The Balaban J connectivity index is 2.86. The van der Waals surface area contributed by atoms with Gasteiger partial charge in [-0.25, -0.2) is 4.79 Å². The number of carbonyl (C=O) groups is 3. The van der Waals surface area contributed by atoms with E-state index in [1.54, 1.807) is 6.92 Å². The normalized spacial score (nSPS) is 12.4. The van der Waals surface area contributed by atoms with E-state index in [1.807, 2.05) is 0 Å². The number of likely N-dealkylation sites (N-methyl/N-ethyl adjacent to an activating group) is 1. The molecule has 0 aliphatic heterocycles. The Labute approximate surface area is 158 Å². The summed E-state index contributed by atoms with van der Waals surface area (Å²) in [5.74, 6) is -0.711. The predicted molar refractivity (Wildman–Crippen MR) is 97.3 cm³/mol. The lowest BCUT2D eigenvalue weighted by Crippen LogP contribution is -2.43. The van der Waals surface area contributed by atoms with Crippen LogP contribution in [0.25, 0.3) is 0 Å². The highest BCUT2D eigenvalue weighted by Gasteiger charge is 2.24. The zero-order chi connectivity index (χ0) is 20.6. The second-order valence-corrected chi connectivity index (χ2v) is 5.58. The number of hydrogen-bond acceptors (Lipinski definition) is 7. The molecule has 150 valence electrons. The third-order valence-electron chi connectivity index (χ3n) is 3.64. The average Bonchev–Trinajstić information content (AvgIpc) is 2.66. The van der Waals surface area contributed by atoms with Gasteiger partial charge in [-0.3, -0.25) is 9.59 Å². The summed E-state index contributed by atoms with van der Waals surface area (Å²) in [5.41, 5.74) is 0.209. The van der Waals surface area contributed by atoms with Crippen molar-refractivity contribution < 1.29 is 33.3 Å². The van der Waals surface area contributed by atoms with Gasteiger partial charge < -0.3 is 29.6 Å². The van der Waals surface area contributed by atoms with Crippen molar-refractivity contribution in [1.82, 2.24) is 10.6 Å². The molecule has 2 atom stereocenters. The monoisotopic (exact) mass is 382 g/mol. The van der Waals surface area contributed by atoms with Crippen LogP contribution in [-0.4, -0.2) is 57.8 Å². The van der Waals surface area contributed by atoms with Crippen molar-refractivity contribution in [3.05, 3.63) is 17.7 Å². The molecular formula is C18H26N2O7. The number of ether oxygens (including phenoxy) is 4. The summed E-state index contributed by atoms with van der Waals surface area (Å²) < 4.78 is 20.7. The fourth-order valence-electron chi connectivity index (χ4n) is 2.20. The molecule has 2 N–H and O–H groups in total. The Morgan fingerprint density at radius 1 is 1.00 bits per heavy atom. The lowest BCUT2D eigenvalue weighted by Gasteiger charge is -2.18. The van der Waals surface area contributed by atoms with Gasteiger partial charge in [-0.2, -0.15) is 0 Å². The zero-order valence-electron chi connectivity index (χ0n) is 16.4. The zero-order valence-corrected chi connectivity index (χ0v) is 16.4. The second-order valence-electron chi connectivity index (χ2n) is 5.58. The largest absolute Gasteiger partial charge is 0.493 e. The smallest absolute Gasteiger partial charge is 0.329 e. The molecule has 0 bridgehead atoms. The summed E-state index contributed by atoms with van der Waals surface area (Å²) in [6.45, 7) is 5.10. The Bertz CT molecular complexity index is 665. The quantitative estimate of drug-likeness (QED) is 0.610. The third kappa shape index (κ3) is 5.77. The molecule has 0 radical (unpaired) electrons. The van der Waals surface area contributed by atoms with Crippen molar-refractivity contribution in [3.8, 4) is 17.2 Å². The van der Waals surface area contributed by atoms with Gasteiger partial charge in [0, 0.05) is 12.1 Å². The number of amides is 2. The molecule has 2 amide bonds. The summed E-state index contributed by atoms with van der Waals surface area (Å²) in [5, 5.41) is 5.06. The van der Waals surface area contributed by atoms with Gasteiger partial charge in [-0.15, -0.1) is 0 Å². The average molecular weight is 382 g/mol. The van der Waals surface area contributed by atoms with Gasteiger partial charge in [-0.05, 0) is 32.9 Å². The van der Waals surface area contributed by atoms with Crippen LogP contribution >= 0.6 is 0 Å². The SMILES string of the molecule is CCNC(=O)[C@@H](C)OC(=O)[C@H](C)NC(=O)c1cc(OC)c(OC)c(OC)c1. The van der Waals surface area contributed by atoms with Crippen LogP contribution in [0.15, 0.2) is 12.1 Å². The molecule has 27 heavy (non-hydrogen) atoms. The van der Waals surface area contributed by atoms with Gasteiger partial charge >= 0.3 is 5.97 Å². The first-order valence-electron chi connectivity index (χ1n) is 8.38. The topological polar surface area (TPSA) is 112 Å². The van der Waals surface area contributed by atoms with Crippen molar-refractivity contribution in [2.75, 3.05) is 27.9 Å². The van der Waals surface area contributed by atoms with E-state index in [0.717, 1.165) is 0 Å². The number of nitrogens with one attached hydrogen (secondary N) is 2. The van der Waals surface area contributed by atoms with Crippen LogP contribution in [0.3, 0.4) is 0 Å². The van der Waals surface area contributed by atoms with Gasteiger partial charge in [0.05, 0.1) is 21.3 Å². The molecule has 1 rings (SSSR count). The van der Waals surface area contributed by atoms with Gasteiger partial charge in [0.1, 0.15) is 6.04 Å². The number of methoxy groups -OCH3 is 3. The highest BCUT2D eigenvalue weighted by Crippen LogP contribution is 2.38. The molecule has 0 aliphatic carbocycles. The highest BCUT2D eigenvalue weighted by molar-refractivity contribution is 5.98. The van der Waals surface area contributed by atoms with Gasteiger partial charge in [0.2, 0.25) is 5.75 Å². The summed E-state index contributed by atoms with van der Waals surface area (Å²) in [6.07, 6.45) is -0.960. The first-order chi connectivity index (χ1) is 12.8. The third-order valence-corrected chi connectivity index (χ3v) is 3.64.